The number of aromatic nitrogens is 7. The number of pyridine rings is 1. The number of imidazole rings is 1. The van der Waals surface area contributed by atoms with Gasteiger partial charge in [-0.1, -0.05) is 13.8 Å². The number of ether oxygens (including phenoxy) is 1. The van der Waals surface area contributed by atoms with Crippen LogP contribution >= 0.6 is 11.5 Å². The van der Waals surface area contributed by atoms with E-state index in [2.05, 4.69) is 34.8 Å². The summed E-state index contributed by atoms with van der Waals surface area (Å²) >= 11 is 1.38. The number of nitrogens with one attached hydrogen (secondary N) is 2. The molecule has 0 aromatic carbocycles. The van der Waals surface area contributed by atoms with Gasteiger partial charge in [0.25, 0.3) is 0 Å². The molecule has 0 spiro atoms. The van der Waals surface area contributed by atoms with E-state index in [9.17, 15) is 0 Å². The molecule has 32 heavy (non-hydrogen) atoms. The fraction of sp³-hybridized carbons (Fsp3) is 0.227. The van der Waals surface area contributed by atoms with Crippen LogP contribution in [0.15, 0.2) is 49.2 Å². The zero-order valence-corrected chi connectivity index (χ0v) is 19.1. The highest BCUT2D eigenvalue weighted by atomic mass is 32.1. The molecule has 2 N–H and O–H groups in total. The molecule has 0 radical (unpaired) electrons. The molecular weight excluding hydrogens is 424 g/mol. The Morgan fingerprint density at radius 2 is 2.03 bits per heavy atom. The van der Waals surface area contributed by atoms with Crippen LogP contribution < -0.4 is 10.1 Å². The zero-order valence-electron chi connectivity index (χ0n) is 18.3. The van der Waals surface area contributed by atoms with Gasteiger partial charge < -0.3 is 10.1 Å². The Hall–Kier alpha value is -3.79. The number of nitrogens with zero attached hydrogens (tertiary/aromatic N) is 6. The summed E-state index contributed by atoms with van der Waals surface area (Å²) in [6.45, 7) is 5.95. The molecular formula is C22H24N8OS. The molecule has 0 fully saturated rings. The van der Waals surface area contributed by atoms with Crippen molar-refractivity contribution in [2.45, 2.75) is 27.2 Å². The van der Waals surface area contributed by atoms with Gasteiger partial charge in [0, 0.05) is 42.3 Å². The minimum atomic E-state index is 0.625. The van der Waals surface area contributed by atoms with Crippen molar-refractivity contribution in [3.8, 4) is 17.0 Å². The Labute approximate surface area is 189 Å². The van der Waals surface area contributed by atoms with Crippen LogP contribution in [0.3, 0.4) is 0 Å². The number of aromatic amines is 1. The molecule has 10 heteroatoms. The first-order chi connectivity index (χ1) is 15.7. The third-order valence-corrected chi connectivity index (χ3v) is 5.34. The van der Waals surface area contributed by atoms with Crippen molar-refractivity contribution in [2.75, 3.05) is 12.4 Å². The van der Waals surface area contributed by atoms with Crippen molar-refractivity contribution in [1.29, 1.82) is 0 Å². The highest BCUT2D eigenvalue weighted by molar-refractivity contribution is 7.10. The van der Waals surface area contributed by atoms with E-state index >= 15 is 0 Å². The Bertz CT molecular complexity index is 1310. The molecule has 0 atom stereocenters. The fourth-order valence-corrected chi connectivity index (χ4v) is 3.90. The third-order valence-electron chi connectivity index (χ3n) is 4.59. The number of hydrogen-bond donors (Lipinski definition) is 2. The van der Waals surface area contributed by atoms with Gasteiger partial charge in [0.15, 0.2) is 11.5 Å². The van der Waals surface area contributed by atoms with Crippen LogP contribution in [0.25, 0.3) is 16.9 Å². The van der Waals surface area contributed by atoms with Crippen molar-refractivity contribution in [2.24, 2.45) is 0 Å². The largest absolute Gasteiger partial charge is 0.497 e. The molecule has 0 saturated carbocycles. The summed E-state index contributed by atoms with van der Waals surface area (Å²) in [6.07, 6.45) is 9.76. The molecule has 164 valence electrons. The number of H-pyrrole nitrogens is 1. The highest BCUT2D eigenvalue weighted by Gasteiger charge is 2.14. The quantitative estimate of drug-likeness (QED) is 0.389. The molecule has 5 heterocycles. The summed E-state index contributed by atoms with van der Waals surface area (Å²) in [5, 5.41) is 11.1. The predicted molar refractivity (Wildman–Crippen MR) is 126 cm³/mol. The Kier molecular flexibility index (Phi) is 6.41. The van der Waals surface area contributed by atoms with Crippen LogP contribution in [0.1, 0.15) is 30.9 Å². The van der Waals surface area contributed by atoms with Crippen LogP contribution in [0.2, 0.25) is 0 Å². The SMILES string of the molecule is CC.COc1ccnc(Cc2cc(Nc3nc(C)cn4c(-c5cn[nH]c5)cnc34)sn2)c1. The van der Waals surface area contributed by atoms with Gasteiger partial charge in [-0.05, 0) is 30.6 Å². The monoisotopic (exact) mass is 448 g/mol. The fourth-order valence-electron chi connectivity index (χ4n) is 3.23. The number of rotatable bonds is 6. The zero-order chi connectivity index (χ0) is 22.5. The second-order valence-electron chi connectivity index (χ2n) is 6.73. The van der Waals surface area contributed by atoms with Crippen molar-refractivity contribution in [3.63, 3.8) is 0 Å². The number of methoxy groups -OCH3 is 1. The van der Waals surface area contributed by atoms with E-state index in [1.54, 1.807) is 19.5 Å². The van der Waals surface area contributed by atoms with Crippen LogP contribution in [-0.2, 0) is 6.42 Å². The summed E-state index contributed by atoms with van der Waals surface area (Å²) in [5.74, 6) is 1.46. The van der Waals surface area contributed by atoms with Crippen molar-refractivity contribution in [3.05, 3.63) is 66.3 Å². The van der Waals surface area contributed by atoms with Gasteiger partial charge in [-0.25, -0.2) is 9.97 Å². The standard InChI is InChI=1S/C20H18N8OS.C2H6/c1-12-11-28-17(13-8-23-24-9-13)10-22-20(28)19(25-12)26-18-7-15(27-30-18)5-14-6-16(29-2)3-4-21-14;1-2/h3-4,6-11H,5H2,1-2H3,(H,23,24)(H,25,26);1-2H3. The van der Waals surface area contributed by atoms with Crippen molar-refractivity contribution in [1.82, 2.24) is 33.9 Å². The summed E-state index contributed by atoms with van der Waals surface area (Å²) in [6, 6.07) is 5.75. The molecule has 5 aromatic rings. The second-order valence-corrected chi connectivity index (χ2v) is 7.53. The molecule has 0 unspecified atom stereocenters. The smallest absolute Gasteiger partial charge is 0.180 e. The summed E-state index contributed by atoms with van der Waals surface area (Å²) in [5.41, 5.74) is 5.35. The van der Waals surface area contributed by atoms with Crippen LogP contribution in [-0.4, -0.2) is 41.0 Å². The summed E-state index contributed by atoms with van der Waals surface area (Å²) in [4.78, 5) is 13.6. The number of anilines is 2. The first-order valence-electron chi connectivity index (χ1n) is 10.2. The van der Waals surface area contributed by atoms with E-state index in [0.717, 1.165) is 44.7 Å². The lowest BCUT2D eigenvalue weighted by molar-refractivity contribution is 0.413. The minimum Gasteiger partial charge on any atom is -0.497 e. The Morgan fingerprint density at radius 1 is 1.16 bits per heavy atom. The molecule has 0 saturated heterocycles. The van der Waals surface area contributed by atoms with Crippen molar-refractivity contribution < 1.29 is 4.74 Å². The molecule has 5 rings (SSSR count). The first-order valence-corrected chi connectivity index (χ1v) is 11.0. The minimum absolute atomic E-state index is 0.625. The highest BCUT2D eigenvalue weighted by Crippen LogP contribution is 2.28. The average molecular weight is 449 g/mol. The summed E-state index contributed by atoms with van der Waals surface area (Å²) < 4.78 is 11.8. The van der Waals surface area contributed by atoms with Gasteiger partial charge in [-0.3, -0.25) is 14.5 Å². The van der Waals surface area contributed by atoms with E-state index in [1.165, 1.54) is 11.5 Å². The van der Waals surface area contributed by atoms with Gasteiger partial charge in [0.05, 0.1) is 36.6 Å². The van der Waals surface area contributed by atoms with E-state index in [4.69, 9.17) is 4.74 Å². The van der Waals surface area contributed by atoms with Crippen LogP contribution in [0.5, 0.6) is 5.75 Å². The maximum Gasteiger partial charge on any atom is 0.180 e. The maximum absolute atomic E-state index is 5.26. The normalized spacial score (nSPS) is 10.6. The van der Waals surface area contributed by atoms with E-state index in [0.29, 0.717) is 12.2 Å². The van der Waals surface area contributed by atoms with Gasteiger partial charge in [-0.2, -0.15) is 9.47 Å². The number of fused-ring (bicyclic) bond motifs is 1. The lowest BCUT2D eigenvalue weighted by Crippen LogP contribution is -2.00. The lowest BCUT2D eigenvalue weighted by Gasteiger charge is -2.07. The van der Waals surface area contributed by atoms with Gasteiger partial charge >= 0.3 is 0 Å². The topological polar surface area (TPSA) is 106 Å². The van der Waals surface area contributed by atoms with E-state index in [-0.39, 0.29) is 0 Å². The van der Waals surface area contributed by atoms with Crippen LogP contribution in [0, 0.1) is 6.92 Å². The molecule has 0 aliphatic heterocycles. The van der Waals surface area contributed by atoms with Gasteiger partial charge in [0.1, 0.15) is 10.8 Å². The number of hydrogen-bond acceptors (Lipinski definition) is 8. The Morgan fingerprint density at radius 3 is 2.81 bits per heavy atom. The second kappa shape index (κ2) is 9.56. The van der Waals surface area contributed by atoms with E-state index < -0.39 is 0 Å². The van der Waals surface area contributed by atoms with E-state index in [1.807, 2.05) is 62.0 Å². The van der Waals surface area contributed by atoms with Gasteiger partial charge in [0.2, 0.25) is 0 Å². The van der Waals surface area contributed by atoms with Crippen LogP contribution in [0.4, 0.5) is 10.8 Å². The average Bonchev–Trinajstić information content (AvgIpc) is 3.56. The maximum atomic E-state index is 5.26. The molecule has 0 bridgehead atoms. The lowest BCUT2D eigenvalue weighted by atomic mass is 10.2. The molecule has 5 aromatic heterocycles. The Balaban J connectivity index is 0.00000119. The molecule has 0 aliphatic rings. The summed E-state index contributed by atoms with van der Waals surface area (Å²) in [7, 11) is 1.65. The molecule has 0 aliphatic carbocycles. The molecule has 9 nitrogen and oxygen atoms in total. The first kappa shape index (κ1) is 21.4. The van der Waals surface area contributed by atoms with Gasteiger partial charge in [-0.15, -0.1) is 0 Å². The predicted octanol–water partition coefficient (Wildman–Crippen LogP) is 4.65. The molecule has 0 amide bonds. The third kappa shape index (κ3) is 4.45. The number of aryl methyl sites for hydroxylation is 1. The van der Waals surface area contributed by atoms with Crippen molar-refractivity contribution >= 4 is 28.0 Å².